The summed E-state index contributed by atoms with van der Waals surface area (Å²) >= 11 is 2.28. The van der Waals surface area contributed by atoms with Gasteiger partial charge < -0.3 is 14.0 Å². The zero-order valence-electron chi connectivity index (χ0n) is 14.5. The maximum absolute atomic E-state index is 6.30. The first kappa shape index (κ1) is 17.8. The van der Waals surface area contributed by atoms with Crippen LogP contribution in [0.3, 0.4) is 0 Å². The van der Waals surface area contributed by atoms with Gasteiger partial charge in [0.1, 0.15) is 11.5 Å². The molecule has 1 unspecified atom stereocenters. The van der Waals surface area contributed by atoms with Gasteiger partial charge in [0.05, 0.1) is 14.8 Å². The van der Waals surface area contributed by atoms with Gasteiger partial charge in [0.15, 0.2) is 0 Å². The molecule has 0 aromatic heterocycles. The molecule has 1 fully saturated rings. The van der Waals surface area contributed by atoms with E-state index < -0.39 is 7.12 Å². The first-order valence-electron chi connectivity index (χ1n) is 8.23. The van der Waals surface area contributed by atoms with E-state index in [9.17, 15) is 0 Å². The predicted octanol–water partition coefficient (Wildman–Crippen LogP) is 4.77. The Morgan fingerprint density at radius 2 is 1.58 bits per heavy atom. The third-order valence-electron chi connectivity index (χ3n) is 4.95. The Labute approximate surface area is 158 Å². The minimum atomic E-state index is -0.428. The number of rotatable bonds is 4. The number of hydrogen-bond donors (Lipinski definition) is 0. The summed E-state index contributed by atoms with van der Waals surface area (Å²) in [7, 11) is -0.428. The van der Waals surface area contributed by atoms with Crippen molar-refractivity contribution in [2.75, 3.05) is 0 Å². The second-order valence-corrected chi connectivity index (χ2v) is 7.89. The smallest absolute Gasteiger partial charge is 0.457 e. The molecule has 1 atom stereocenters. The molecule has 3 rings (SSSR count). The molecule has 24 heavy (non-hydrogen) atoms. The fourth-order valence-electron chi connectivity index (χ4n) is 2.84. The van der Waals surface area contributed by atoms with Crippen molar-refractivity contribution in [3.63, 3.8) is 0 Å². The van der Waals surface area contributed by atoms with Crippen LogP contribution in [0, 0.1) is 3.57 Å². The van der Waals surface area contributed by atoms with Crippen molar-refractivity contribution in [1.82, 2.24) is 0 Å². The summed E-state index contributed by atoms with van der Waals surface area (Å²) in [6.07, 6.45) is 0.885. The Morgan fingerprint density at radius 1 is 0.958 bits per heavy atom. The maximum atomic E-state index is 6.30. The number of hydrogen-bond acceptors (Lipinski definition) is 3. The lowest BCUT2D eigenvalue weighted by molar-refractivity contribution is -0.0118. The van der Waals surface area contributed by atoms with E-state index in [4.69, 9.17) is 14.0 Å². The molecule has 5 heteroatoms. The number of benzene rings is 2. The van der Waals surface area contributed by atoms with Crippen molar-refractivity contribution in [3.05, 3.63) is 52.1 Å². The normalized spacial score (nSPS) is 22.6. The molecule has 0 N–H and O–H groups in total. The summed E-state index contributed by atoms with van der Waals surface area (Å²) < 4.78 is 19.8. The molecule has 0 amide bonds. The van der Waals surface area contributed by atoms with E-state index in [0.29, 0.717) is 0 Å². The Balaban J connectivity index is 1.92. The molecule has 0 spiro atoms. The van der Waals surface area contributed by atoms with Crippen molar-refractivity contribution >= 4 is 35.2 Å². The fourth-order valence-corrected chi connectivity index (χ4v) is 3.34. The summed E-state index contributed by atoms with van der Waals surface area (Å²) in [5.74, 6) is 1.60. The van der Waals surface area contributed by atoms with Crippen LogP contribution < -0.4 is 10.2 Å². The second kappa shape index (κ2) is 6.69. The molecule has 3 nitrogen and oxygen atoms in total. The van der Waals surface area contributed by atoms with Gasteiger partial charge in [-0.05, 0) is 68.0 Å². The highest BCUT2D eigenvalue weighted by Crippen LogP contribution is 2.40. The number of para-hydroxylation sites is 2. The van der Waals surface area contributed by atoms with Crippen LogP contribution in [0.25, 0.3) is 0 Å². The fraction of sp³-hybridized carbons (Fsp3) is 0.368. The lowest BCUT2D eigenvalue weighted by atomic mass is 9.78. The van der Waals surface area contributed by atoms with Crippen LogP contribution in [0.5, 0.6) is 11.5 Å². The van der Waals surface area contributed by atoms with Gasteiger partial charge in [0.25, 0.3) is 0 Å². The molecule has 126 valence electrons. The van der Waals surface area contributed by atoms with Crippen molar-refractivity contribution in [1.29, 1.82) is 0 Å². The van der Waals surface area contributed by atoms with Crippen LogP contribution in [-0.4, -0.2) is 18.3 Å². The predicted molar refractivity (Wildman–Crippen MR) is 106 cm³/mol. The minimum absolute atomic E-state index is 0.327. The lowest BCUT2D eigenvalue weighted by Crippen LogP contribution is -2.44. The third kappa shape index (κ3) is 3.21. The summed E-state index contributed by atoms with van der Waals surface area (Å²) in [6, 6.07) is 15.9. The van der Waals surface area contributed by atoms with Crippen molar-refractivity contribution < 1.29 is 14.0 Å². The highest BCUT2D eigenvalue weighted by Gasteiger charge is 2.54. The first-order valence-corrected chi connectivity index (χ1v) is 9.31. The number of halogens is 1. The van der Waals surface area contributed by atoms with E-state index in [1.165, 1.54) is 0 Å². The van der Waals surface area contributed by atoms with Gasteiger partial charge in [0, 0.05) is 5.46 Å². The molecule has 0 bridgehead atoms. The van der Waals surface area contributed by atoms with E-state index >= 15 is 0 Å². The quantitative estimate of drug-likeness (QED) is 0.511. The van der Waals surface area contributed by atoms with Gasteiger partial charge in [-0.2, -0.15) is 0 Å². The van der Waals surface area contributed by atoms with Crippen molar-refractivity contribution in [3.8, 4) is 11.5 Å². The van der Waals surface area contributed by atoms with E-state index in [2.05, 4.69) is 50.3 Å². The molecule has 2 aromatic carbocycles. The van der Waals surface area contributed by atoms with E-state index in [-0.39, 0.29) is 11.2 Å². The van der Waals surface area contributed by atoms with Gasteiger partial charge in [-0.1, -0.05) is 37.3 Å². The molecule has 0 saturated carbocycles. The monoisotopic (exact) mass is 436 g/mol. The Kier molecular flexibility index (Phi) is 4.95. The van der Waals surface area contributed by atoms with E-state index in [1.807, 2.05) is 48.5 Å². The molecule has 0 radical (unpaired) electrons. The standard InChI is InChI=1S/C19H22BIO3/c1-5-19(4)18(2,3)23-20(24-19)14-10-6-8-12-16(14)22-17-13-9-7-11-15(17)21/h6-13H,5H2,1-4H3. The van der Waals surface area contributed by atoms with E-state index in [1.54, 1.807) is 0 Å². The van der Waals surface area contributed by atoms with Gasteiger partial charge >= 0.3 is 7.12 Å². The van der Waals surface area contributed by atoms with Crippen LogP contribution in [0.2, 0.25) is 0 Å². The van der Waals surface area contributed by atoms with Crippen molar-refractivity contribution in [2.45, 2.75) is 45.3 Å². The topological polar surface area (TPSA) is 27.7 Å². The van der Waals surface area contributed by atoms with Gasteiger partial charge in [-0.15, -0.1) is 0 Å². The second-order valence-electron chi connectivity index (χ2n) is 6.73. The highest BCUT2D eigenvalue weighted by atomic mass is 127. The van der Waals surface area contributed by atoms with Crippen LogP contribution in [0.1, 0.15) is 34.1 Å². The average Bonchev–Trinajstić information content (AvgIpc) is 2.80. The van der Waals surface area contributed by atoms with E-state index in [0.717, 1.165) is 27.0 Å². The average molecular weight is 436 g/mol. The molecular weight excluding hydrogens is 414 g/mol. The largest absolute Gasteiger partial charge is 0.498 e. The molecule has 1 aliphatic rings. The van der Waals surface area contributed by atoms with Crippen LogP contribution in [0.15, 0.2) is 48.5 Å². The molecular formula is C19H22BIO3. The molecule has 2 aromatic rings. The summed E-state index contributed by atoms with van der Waals surface area (Å²) in [5.41, 5.74) is 0.231. The minimum Gasteiger partial charge on any atom is -0.457 e. The zero-order valence-corrected chi connectivity index (χ0v) is 16.7. The van der Waals surface area contributed by atoms with Crippen LogP contribution >= 0.6 is 22.6 Å². The Bertz CT molecular complexity index is 734. The summed E-state index contributed by atoms with van der Waals surface area (Å²) in [4.78, 5) is 0. The van der Waals surface area contributed by atoms with Crippen LogP contribution in [0.4, 0.5) is 0 Å². The number of ether oxygens (including phenoxy) is 1. The maximum Gasteiger partial charge on any atom is 0.498 e. The molecule has 1 aliphatic heterocycles. The molecule has 1 heterocycles. The summed E-state index contributed by atoms with van der Waals surface area (Å²) in [6.45, 7) is 8.40. The SMILES string of the molecule is CCC1(C)OB(c2ccccc2Oc2ccccc2I)OC1(C)C. The highest BCUT2D eigenvalue weighted by molar-refractivity contribution is 14.1. The van der Waals surface area contributed by atoms with Gasteiger partial charge in [-0.3, -0.25) is 0 Å². The Morgan fingerprint density at radius 3 is 2.21 bits per heavy atom. The van der Waals surface area contributed by atoms with Crippen LogP contribution in [-0.2, 0) is 9.31 Å². The van der Waals surface area contributed by atoms with Crippen molar-refractivity contribution in [2.24, 2.45) is 0 Å². The zero-order chi connectivity index (χ0) is 17.4. The lowest BCUT2D eigenvalue weighted by Gasteiger charge is -2.35. The first-order chi connectivity index (χ1) is 11.4. The molecule has 0 aliphatic carbocycles. The van der Waals surface area contributed by atoms with Gasteiger partial charge in [0.2, 0.25) is 0 Å². The third-order valence-corrected chi connectivity index (χ3v) is 5.84. The molecule has 1 saturated heterocycles. The van der Waals surface area contributed by atoms with Gasteiger partial charge in [-0.25, -0.2) is 0 Å². The summed E-state index contributed by atoms with van der Waals surface area (Å²) in [5, 5.41) is 0. The Hall–Kier alpha value is -1.05.